The third kappa shape index (κ3) is 2.04. The maximum Gasteiger partial charge on any atom is 0.171 e. The van der Waals surface area contributed by atoms with Crippen LogP contribution in [-0.2, 0) is 6.42 Å². The summed E-state index contributed by atoms with van der Waals surface area (Å²) in [5, 5.41) is 10.8. The zero-order valence-electron chi connectivity index (χ0n) is 12.3. The lowest BCUT2D eigenvalue weighted by Crippen LogP contribution is -1.96. The van der Waals surface area contributed by atoms with Crippen LogP contribution in [0.25, 0.3) is 21.5 Å². The van der Waals surface area contributed by atoms with E-state index in [1.807, 2.05) is 6.07 Å². The Labute approximate surface area is 135 Å². The first-order valence-corrected chi connectivity index (χ1v) is 7.91. The van der Waals surface area contributed by atoms with Gasteiger partial charge in [0.25, 0.3) is 0 Å². The molecule has 0 fully saturated rings. The summed E-state index contributed by atoms with van der Waals surface area (Å²) < 4.78 is 5.54. The highest BCUT2D eigenvalue weighted by Crippen LogP contribution is 2.42. The van der Waals surface area contributed by atoms with Crippen molar-refractivity contribution in [3.63, 3.8) is 0 Å². The fraction of sp³-hybridized carbons (Fsp3) is 0.188. The van der Waals surface area contributed by atoms with Crippen LogP contribution >= 0.6 is 11.3 Å². The van der Waals surface area contributed by atoms with E-state index in [2.05, 4.69) is 9.97 Å². The first kappa shape index (κ1) is 14.0. The van der Waals surface area contributed by atoms with E-state index in [1.165, 1.54) is 24.6 Å². The number of aromatic nitrogens is 2. The number of nitrogens with zero attached hydrogens (tertiary/aromatic N) is 2. The van der Waals surface area contributed by atoms with Crippen molar-refractivity contribution in [2.75, 3.05) is 12.3 Å². The molecule has 0 radical (unpaired) electrons. The maximum absolute atomic E-state index is 11.7. The molecule has 1 aliphatic rings. The molecular weight excluding hydrogens is 314 g/mol. The Bertz CT molecular complexity index is 965. The van der Waals surface area contributed by atoms with Crippen LogP contribution in [-0.4, -0.2) is 27.5 Å². The van der Waals surface area contributed by atoms with Gasteiger partial charge in [-0.2, -0.15) is 0 Å². The van der Waals surface area contributed by atoms with Crippen molar-refractivity contribution in [2.45, 2.75) is 13.3 Å². The number of hydrogen-bond donors (Lipinski definition) is 2. The summed E-state index contributed by atoms with van der Waals surface area (Å²) in [6.07, 6.45) is 2.12. The molecule has 3 aromatic rings. The average molecular weight is 327 g/mol. The van der Waals surface area contributed by atoms with E-state index in [4.69, 9.17) is 10.5 Å². The monoisotopic (exact) mass is 327 g/mol. The molecule has 1 aromatic carbocycles. The Morgan fingerprint density at radius 2 is 2.22 bits per heavy atom. The number of hydrogen-bond acceptors (Lipinski definition) is 7. The van der Waals surface area contributed by atoms with Crippen molar-refractivity contribution >= 4 is 33.0 Å². The number of thiophene rings is 1. The third-order valence-corrected chi connectivity index (χ3v) is 5.13. The van der Waals surface area contributed by atoms with Crippen molar-refractivity contribution in [1.29, 1.82) is 0 Å². The van der Waals surface area contributed by atoms with E-state index in [1.54, 1.807) is 6.07 Å². The number of benzene rings is 1. The predicted molar refractivity (Wildman–Crippen MR) is 88.1 cm³/mol. The Kier molecular flexibility index (Phi) is 2.99. The number of phenolic OH excluding ortho intramolecular Hbond substituents is 1. The molecule has 0 saturated heterocycles. The predicted octanol–water partition coefficient (Wildman–Crippen LogP) is 2.78. The number of Topliss-reactive ketones (excluding diaryl/α,β-unsaturated/α-hetero) is 1. The summed E-state index contributed by atoms with van der Waals surface area (Å²) in [5.41, 5.74) is 8.61. The highest BCUT2D eigenvalue weighted by molar-refractivity contribution is 7.21. The van der Waals surface area contributed by atoms with Crippen LogP contribution in [0.5, 0.6) is 11.5 Å². The third-order valence-electron chi connectivity index (χ3n) is 3.91. The number of nitrogens with two attached hydrogens (primary N) is 1. The minimum absolute atomic E-state index is 0.100. The van der Waals surface area contributed by atoms with E-state index >= 15 is 0 Å². The van der Waals surface area contributed by atoms with Gasteiger partial charge in [-0.05, 0) is 12.1 Å². The number of rotatable bonds is 2. The van der Waals surface area contributed by atoms with Crippen LogP contribution in [0.2, 0.25) is 0 Å². The molecule has 116 valence electrons. The van der Waals surface area contributed by atoms with E-state index in [0.29, 0.717) is 50.8 Å². The molecule has 0 unspecified atom stereocenters. The molecule has 2 aromatic heterocycles. The molecule has 0 aliphatic carbocycles. The smallest absolute Gasteiger partial charge is 0.171 e. The minimum atomic E-state index is -0.100. The van der Waals surface area contributed by atoms with Crippen LogP contribution < -0.4 is 10.5 Å². The van der Waals surface area contributed by atoms with Gasteiger partial charge in [0.1, 0.15) is 22.7 Å². The molecule has 4 rings (SSSR count). The summed E-state index contributed by atoms with van der Waals surface area (Å²) in [6, 6.07) is 3.49. The number of anilines is 1. The Hall–Kier alpha value is -2.67. The van der Waals surface area contributed by atoms with Gasteiger partial charge in [0, 0.05) is 24.5 Å². The summed E-state index contributed by atoms with van der Waals surface area (Å²) in [5.74, 6) is 0.742. The second-order valence-corrected chi connectivity index (χ2v) is 6.37. The van der Waals surface area contributed by atoms with Crippen LogP contribution in [0.15, 0.2) is 18.5 Å². The molecule has 0 saturated carbocycles. The number of phenols is 1. The first-order chi connectivity index (χ1) is 11.1. The van der Waals surface area contributed by atoms with Gasteiger partial charge in [-0.1, -0.05) is 0 Å². The normalized spacial score (nSPS) is 13.1. The van der Waals surface area contributed by atoms with Gasteiger partial charge in [-0.3, -0.25) is 4.79 Å². The Morgan fingerprint density at radius 1 is 1.39 bits per heavy atom. The second kappa shape index (κ2) is 4.92. The van der Waals surface area contributed by atoms with E-state index < -0.39 is 0 Å². The summed E-state index contributed by atoms with van der Waals surface area (Å²) in [4.78, 5) is 21.4. The van der Waals surface area contributed by atoms with Crippen molar-refractivity contribution in [3.8, 4) is 22.8 Å². The highest BCUT2D eigenvalue weighted by atomic mass is 32.1. The number of fused-ring (bicyclic) bond motifs is 2. The molecular formula is C16H13N3O3S. The van der Waals surface area contributed by atoms with Gasteiger partial charge >= 0.3 is 0 Å². The number of ketones is 1. The number of nitrogen functional groups attached to an aromatic ring is 1. The first-order valence-electron chi connectivity index (χ1n) is 7.09. The fourth-order valence-electron chi connectivity index (χ4n) is 2.85. The largest absolute Gasteiger partial charge is 0.508 e. The van der Waals surface area contributed by atoms with Gasteiger partial charge in [-0.25, -0.2) is 9.97 Å². The van der Waals surface area contributed by atoms with Crippen LogP contribution in [0.4, 0.5) is 5.69 Å². The van der Waals surface area contributed by atoms with E-state index in [9.17, 15) is 9.90 Å². The van der Waals surface area contributed by atoms with Crippen LogP contribution in [0.1, 0.15) is 22.2 Å². The zero-order valence-corrected chi connectivity index (χ0v) is 13.1. The average Bonchev–Trinajstić information content (AvgIpc) is 3.12. The fourth-order valence-corrected chi connectivity index (χ4v) is 3.80. The van der Waals surface area contributed by atoms with Crippen molar-refractivity contribution < 1.29 is 14.6 Å². The Balaban J connectivity index is 2.00. The van der Waals surface area contributed by atoms with E-state index in [-0.39, 0.29) is 11.5 Å². The summed E-state index contributed by atoms with van der Waals surface area (Å²) in [6.45, 7) is 2.03. The van der Waals surface area contributed by atoms with Crippen molar-refractivity contribution in [1.82, 2.24) is 9.97 Å². The molecule has 7 heteroatoms. The maximum atomic E-state index is 11.7. The molecule has 0 atom stereocenters. The molecule has 0 bridgehead atoms. The standard InChI is InChI=1S/C16H13N3O3S/c1-7(20)15-13(17)12-14(18-6-19-16(12)23-15)8-4-10(21)9-2-3-22-11(9)5-8/h4-6,21H,2-3,17H2,1H3. The number of carbonyl (C=O) groups excluding carboxylic acids is 1. The van der Waals surface area contributed by atoms with Crippen LogP contribution in [0.3, 0.4) is 0 Å². The lowest BCUT2D eigenvalue weighted by Gasteiger charge is -2.08. The van der Waals surface area contributed by atoms with Crippen molar-refractivity contribution in [3.05, 3.63) is 28.9 Å². The lowest BCUT2D eigenvalue weighted by atomic mass is 10.0. The highest BCUT2D eigenvalue weighted by Gasteiger charge is 2.22. The van der Waals surface area contributed by atoms with E-state index in [0.717, 1.165) is 5.56 Å². The zero-order chi connectivity index (χ0) is 16.1. The topological polar surface area (TPSA) is 98.3 Å². The summed E-state index contributed by atoms with van der Waals surface area (Å²) in [7, 11) is 0. The van der Waals surface area contributed by atoms with Gasteiger partial charge < -0.3 is 15.6 Å². The van der Waals surface area contributed by atoms with Crippen LogP contribution in [0, 0.1) is 0 Å². The Morgan fingerprint density at radius 3 is 3.00 bits per heavy atom. The van der Waals surface area contributed by atoms with Gasteiger partial charge in [0.05, 0.1) is 28.3 Å². The lowest BCUT2D eigenvalue weighted by molar-refractivity contribution is 0.102. The number of ether oxygens (including phenoxy) is 1. The molecule has 3 heterocycles. The van der Waals surface area contributed by atoms with Gasteiger partial charge in [0.2, 0.25) is 0 Å². The second-order valence-electron chi connectivity index (χ2n) is 5.37. The van der Waals surface area contributed by atoms with Gasteiger partial charge in [-0.15, -0.1) is 11.3 Å². The quantitative estimate of drug-likeness (QED) is 0.702. The molecule has 0 amide bonds. The molecule has 6 nitrogen and oxygen atoms in total. The molecule has 1 aliphatic heterocycles. The summed E-state index contributed by atoms with van der Waals surface area (Å²) >= 11 is 1.25. The number of carbonyl (C=O) groups is 1. The van der Waals surface area contributed by atoms with Gasteiger partial charge in [0.15, 0.2) is 5.78 Å². The minimum Gasteiger partial charge on any atom is -0.508 e. The SMILES string of the molecule is CC(=O)c1sc2ncnc(-c3cc(O)c4c(c3)OCC4)c2c1N. The number of aromatic hydroxyl groups is 1. The molecule has 3 N–H and O–H groups in total. The van der Waals surface area contributed by atoms with Crippen molar-refractivity contribution in [2.24, 2.45) is 0 Å². The molecule has 23 heavy (non-hydrogen) atoms. The molecule has 0 spiro atoms.